The van der Waals surface area contributed by atoms with Gasteiger partial charge in [-0.3, -0.25) is 19.1 Å². The van der Waals surface area contributed by atoms with Crippen LogP contribution in [0, 0.1) is 17.8 Å². The molecule has 1 saturated heterocycles. The van der Waals surface area contributed by atoms with Gasteiger partial charge < -0.3 is 14.6 Å². The van der Waals surface area contributed by atoms with Gasteiger partial charge in [-0.25, -0.2) is 4.79 Å². The molecule has 0 spiro atoms. The Labute approximate surface area is 211 Å². The van der Waals surface area contributed by atoms with E-state index >= 15 is 0 Å². The van der Waals surface area contributed by atoms with Crippen molar-refractivity contribution in [3.05, 3.63) is 69.1 Å². The Balaban J connectivity index is 1.09. The highest BCUT2D eigenvalue weighted by atomic mass is 16.5. The first-order valence-corrected chi connectivity index (χ1v) is 13.2. The number of fused-ring (bicyclic) bond motifs is 1. The van der Waals surface area contributed by atoms with Crippen LogP contribution >= 0.6 is 0 Å². The van der Waals surface area contributed by atoms with Crippen molar-refractivity contribution in [1.82, 2.24) is 19.4 Å². The van der Waals surface area contributed by atoms with E-state index in [1.165, 1.54) is 4.57 Å². The number of nitrogens with zero attached hydrogens (tertiary/aromatic N) is 3. The first-order valence-electron chi connectivity index (χ1n) is 13.2. The monoisotopic (exact) mass is 492 g/mol. The molecule has 0 bridgehead atoms. The zero-order valence-electron chi connectivity index (χ0n) is 21.0. The van der Waals surface area contributed by atoms with E-state index in [-0.39, 0.29) is 29.0 Å². The van der Waals surface area contributed by atoms with Gasteiger partial charge in [0, 0.05) is 45.2 Å². The average molecular weight is 493 g/mol. The van der Waals surface area contributed by atoms with Gasteiger partial charge in [0.05, 0.1) is 18.0 Å². The minimum atomic E-state index is -0.353. The number of piperazine rings is 1. The van der Waals surface area contributed by atoms with Crippen LogP contribution in [-0.2, 0) is 16.1 Å². The molecule has 5 rings (SSSR count). The number of hydrogen-bond donors (Lipinski definition) is 1. The van der Waals surface area contributed by atoms with Gasteiger partial charge in [-0.2, -0.15) is 0 Å². The lowest BCUT2D eigenvalue weighted by Gasteiger charge is -2.38. The normalized spacial score (nSPS) is 25.1. The molecular weight excluding hydrogens is 456 g/mol. The molecule has 1 aromatic carbocycles. The van der Waals surface area contributed by atoms with Gasteiger partial charge in [0.1, 0.15) is 5.76 Å². The Morgan fingerprint density at radius 2 is 1.78 bits per heavy atom. The molecule has 1 saturated carbocycles. The van der Waals surface area contributed by atoms with E-state index in [9.17, 15) is 14.4 Å². The molecule has 8 nitrogen and oxygen atoms in total. The van der Waals surface area contributed by atoms with E-state index in [2.05, 4.69) is 28.1 Å². The van der Waals surface area contributed by atoms with Crippen molar-refractivity contribution < 1.29 is 9.53 Å². The Hall–Kier alpha value is -3.13. The second kappa shape index (κ2) is 10.9. The second-order valence-electron chi connectivity index (χ2n) is 10.4. The molecular formula is C28H36N4O4. The summed E-state index contributed by atoms with van der Waals surface area (Å²) in [6, 6.07) is 7.12. The standard InChI is InChI=1S/C28H36N4O4/c1-36-23-12-8-20(9-13-23)18-30-14-16-31(17-15-30)26(33)22-10-6-21(7-11-22)19-32-27(34)24-4-2-3-5-25(24)29-28(32)35/h2-5,8,12-13,20-22H,6-7,9-11,14-19H2,1H3,(H,29,35). The first-order chi connectivity index (χ1) is 17.5. The Bertz CT molecular complexity index is 1260. The topological polar surface area (TPSA) is 87.6 Å². The third kappa shape index (κ3) is 5.33. The fourth-order valence-electron chi connectivity index (χ4n) is 5.89. The maximum atomic E-state index is 13.2. The summed E-state index contributed by atoms with van der Waals surface area (Å²) >= 11 is 0. The highest BCUT2D eigenvalue weighted by Gasteiger charge is 2.32. The predicted octanol–water partition coefficient (Wildman–Crippen LogP) is 2.75. The number of hydrogen-bond acceptors (Lipinski definition) is 5. The molecule has 1 amide bonds. The molecule has 1 aromatic heterocycles. The number of amides is 1. The number of nitrogens with one attached hydrogen (secondary N) is 1. The third-order valence-corrected chi connectivity index (χ3v) is 8.09. The van der Waals surface area contributed by atoms with Crippen LogP contribution in [0.5, 0.6) is 0 Å². The van der Waals surface area contributed by atoms with E-state index in [4.69, 9.17) is 4.74 Å². The molecule has 2 aliphatic carbocycles. The number of para-hydroxylation sites is 1. The van der Waals surface area contributed by atoms with Gasteiger partial charge in [-0.1, -0.05) is 18.2 Å². The zero-order chi connectivity index (χ0) is 25.1. The maximum Gasteiger partial charge on any atom is 0.328 e. The van der Waals surface area contributed by atoms with Gasteiger partial charge in [-0.05, 0) is 68.2 Å². The smallest absolute Gasteiger partial charge is 0.328 e. The number of rotatable bonds is 6. The lowest BCUT2D eigenvalue weighted by Crippen LogP contribution is -2.51. The lowest BCUT2D eigenvalue weighted by atomic mass is 9.81. The van der Waals surface area contributed by atoms with Crippen LogP contribution in [0.3, 0.4) is 0 Å². The van der Waals surface area contributed by atoms with Crippen molar-refractivity contribution >= 4 is 16.8 Å². The van der Waals surface area contributed by atoms with Gasteiger partial charge in [0.2, 0.25) is 5.91 Å². The number of allylic oxidation sites excluding steroid dienone is 2. The molecule has 2 fully saturated rings. The van der Waals surface area contributed by atoms with Crippen molar-refractivity contribution in [2.75, 3.05) is 39.8 Å². The van der Waals surface area contributed by atoms with Crippen LogP contribution in [0.2, 0.25) is 0 Å². The molecule has 36 heavy (non-hydrogen) atoms. The predicted molar refractivity (Wildman–Crippen MR) is 140 cm³/mol. The number of aromatic amines is 1. The average Bonchev–Trinajstić information content (AvgIpc) is 2.92. The van der Waals surface area contributed by atoms with E-state index < -0.39 is 0 Å². The van der Waals surface area contributed by atoms with Gasteiger partial charge in [-0.15, -0.1) is 0 Å². The van der Waals surface area contributed by atoms with Crippen LogP contribution in [0.4, 0.5) is 0 Å². The van der Waals surface area contributed by atoms with E-state index in [1.807, 2.05) is 17.0 Å². The maximum absolute atomic E-state index is 13.2. The summed E-state index contributed by atoms with van der Waals surface area (Å²) in [6.07, 6.45) is 10.8. The fraction of sp³-hybridized carbons (Fsp3) is 0.536. The molecule has 1 N–H and O–H groups in total. The van der Waals surface area contributed by atoms with Crippen LogP contribution in [0.1, 0.15) is 32.1 Å². The molecule has 192 valence electrons. The Morgan fingerprint density at radius 3 is 2.47 bits per heavy atom. The number of benzene rings is 1. The minimum Gasteiger partial charge on any atom is -0.497 e. The van der Waals surface area contributed by atoms with Crippen LogP contribution in [0.25, 0.3) is 10.9 Å². The summed E-state index contributed by atoms with van der Waals surface area (Å²) in [7, 11) is 1.70. The molecule has 1 aliphatic heterocycles. The van der Waals surface area contributed by atoms with Crippen molar-refractivity contribution in [2.24, 2.45) is 17.8 Å². The number of methoxy groups -OCH3 is 1. The SMILES string of the molecule is COC1=CCC(CN2CCN(C(=O)C3CCC(Cn4c(=O)[nH]c5ccccc5c4=O)CC3)CC2)C=C1. The largest absolute Gasteiger partial charge is 0.497 e. The Kier molecular flexibility index (Phi) is 7.41. The van der Waals surface area contributed by atoms with Gasteiger partial charge in [0.15, 0.2) is 0 Å². The van der Waals surface area contributed by atoms with E-state index in [0.717, 1.165) is 70.6 Å². The quantitative estimate of drug-likeness (QED) is 0.670. The van der Waals surface area contributed by atoms with E-state index in [0.29, 0.717) is 23.4 Å². The highest BCUT2D eigenvalue weighted by Crippen LogP contribution is 2.31. The second-order valence-corrected chi connectivity index (χ2v) is 10.4. The molecule has 1 atom stereocenters. The van der Waals surface area contributed by atoms with Crippen molar-refractivity contribution in [3.63, 3.8) is 0 Å². The number of H-pyrrole nitrogens is 1. The Morgan fingerprint density at radius 1 is 1.03 bits per heavy atom. The van der Waals surface area contributed by atoms with Gasteiger partial charge >= 0.3 is 5.69 Å². The summed E-state index contributed by atoms with van der Waals surface area (Å²) in [5.41, 5.74) is -0.0108. The molecule has 2 heterocycles. The molecule has 2 aromatic rings. The lowest BCUT2D eigenvalue weighted by molar-refractivity contribution is -0.138. The van der Waals surface area contributed by atoms with Crippen molar-refractivity contribution in [2.45, 2.75) is 38.6 Å². The number of carbonyl (C=O) groups excluding carboxylic acids is 1. The van der Waals surface area contributed by atoms with Crippen LogP contribution in [0.15, 0.2) is 57.8 Å². The fourth-order valence-corrected chi connectivity index (χ4v) is 5.89. The molecule has 0 radical (unpaired) electrons. The highest BCUT2D eigenvalue weighted by molar-refractivity contribution is 5.79. The molecule has 1 unspecified atom stereocenters. The van der Waals surface area contributed by atoms with Crippen LogP contribution < -0.4 is 11.2 Å². The van der Waals surface area contributed by atoms with Gasteiger partial charge in [0.25, 0.3) is 5.56 Å². The summed E-state index contributed by atoms with van der Waals surface area (Å²) in [4.78, 5) is 45.9. The first kappa shape index (κ1) is 24.6. The summed E-state index contributed by atoms with van der Waals surface area (Å²) in [5, 5.41) is 0.538. The number of aromatic nitrogens is 2. The summed E-state index contributed by atoms with van der Waals surface area (Å²) in [6.45, 7) is 4.84. The molecule has 8 heteroatoms. The zero-order valence-corrected chi connectivity index (χ0v) is 21.0. The van der Waals surface area contributed by atoms with Crippen LogP contribution in [-0.4, -0.2) is 65.1 Å². The summed E-state index contributed by atoms with van der Waals surface area (Å²) < 4.78 is 6.61. The van der Waals surface area contributed by atoms with Crippen molar-refractivity contribution in [1.29, 1.82) is 0 Å². The number of ether oxygens (including phenoxy) is 1. The minimum absolute atomic E-state index is 0.0540. The third-order valence-electron chi connectivity index (χ3n) is 8.09. The summed E-state index contributed by atoms with van der Waals surface area (Å²) in [5.74, 6) is 2.01. The van der Waals surface area contributed by atoms with E-state index in [1.54, 1.807) is 19.2 Å². The van der Waals surface area contributed by atoms with Crippen molar-refractivity contribution in [3.8, 4) is 0 Å². The number of carbonyl (C=O) groups is 1. The molecule has 3 aliphatic rings.